The first kappa shape index (κ1) is 19.9. The van der Waals surface area contributed by atoms with Crippen LogP contribution in [-0.4, -0.2) is 32.9 Å². The van der Waals surface area contributed by atoms with Crippen LogP contribution < -0.4 is 9.47 Å². The Morgan fingerprint density at radius 1 is 1.00 bits per heavy atom. The number of nitrogens with zero attached hydrogens (tertiary/aromatic N) is 4. The number of hydrogen-bond donors (Lipinski definition) is 0. The normalized spacial score (nSPS) is 11.7. The van der Waals surface area contributed by atoms with Crippen molar-refractivity contribution < 1.29 is 9.47 Å². The van der Waals surface area contributed by atoms with Crippen molar-refractivity contribution in [1.29, 1.82) is 0 Å². The number of thioether (sulfide) groups is 1. The summed E-state index contributed by atoms with van der Waals surface area (Å²) >= 11 is 1.48. The van der Waals surface area contributed by atoms with Gasteiger partial charge < -0.3 is 9.47 Å². The lowest BCUT2D eigenvalue weighted by molar-refractivity contribution is 0.131. The van der Waals surface area contributed by atoms with Crippen LogP contribution in [0.5, 0.6) is 11.5 Å². The fourth-order valence-corrected chi connectivity index (χ4v) is 2.84. The number of rotatable bonds is 7. The van der Waals surface area contributed by atoms with E-state index in [-0.39, 0.29) is 12.2 Å². The van der Waals surface area contributed by atoms with Gasteiger partial charge in [0, 0.05) is 0 Å². The minimum Gasteiger partial charge on any atom is -0.488 e. The predicted molar refractivity (Wildman–Crippen MR) is 112 cm³/mol. The third-order valence-electron chi connectivity index (χ3n) is 3.60. The number of hydrogen-bond acceptors (Lipinski definition) is 6. The zero-order valence-electron chi connectivity index (χ0n) is 16.5. The molecule has 2 aromatic carbocycles. The van der Waals surface area contributed by atoms with E-state index in [1.54, 1.807) is 10.9 Å². The third kappa shape index (κ3) is 5.60. The summed E-state index contributed by atoms with van der Waals surface area (Å²) in [6.45, 7) is 6.36. The zero-order chi connectivity index (χ0) is 20.0. The van der Waals surface area contributed by atoms with Crippen molar-refractivity contribution in [3.05, 3.63) is 66.0 Å². The molecule has 0 radical (unpaired) electrons. The van der Waals surface area contributed by atoms with Gasteiger partial charge in [-0.15, -0.1) is 10.2 Å². The highest BCUT2D eigenvalue weighted by atomic mass is 32.2. The highest BCUT2D eigenvalue weighted by Crippen LogP contribution is 2.19. The SMILES string of the molecule is CSc1nnc(COc2ccccc2)n1/N=C\c1ccc(OC(C)(C)C)cc1. The Labute approximate surface area is 169 Å². The summed E-state index contributed by atoms with van der Waals surface area (Å²) in [5.41, 5.74) is 0.732. The molecule has 0 amide bonds. The van der Waals surface area contributed by atoms with Gasteiger partial charge in [0.05, 0.1) is 6.21 Å². The van der Waals surface area contributed by atoms with Crippen LogP contribution in [-0.2, 0) is 6.61 Å². The van der Waals surface area contributed by atoms with Crippen molar-refractivity contribution in [2.24, 2.45) is 5.10 Å². The van der Waals surface area contributed by atoms with Crippen molar-refractivity contribution in [3.63, 3.8) is 0 Å². The Morgan fingerprint density at radius 3 is 2.36 bits per heavy atom. The molecule has 1 heterocycles. The van der Waals surface area contributed by atoms with E-state index >= 15 is 0 Å². The molecule has 3 aromatic rings. The molecular formula is C21H24N4O2S. The van der Waals surface area contributed by atoms with Crippen molar-refractivity contribution >= 4 is 18.0 Å². The second-order valence-corrected chi connectivity index (χ2v) is 7.82. The molecular weight excluding hydrogens is 372 g/mol. The van der Waals surface area contributed by atoms with Gasteiger partial charge in [0.15, 0.2) is 5.82 Å². The molecule has 28 heavy (non-hydrogen) atoms. The number of aromatic nitrogens is 3. The van der Waals surface area contributed by atoms with Gasteiger partial charge >= 0.3 is 0 Å². The molecule has 146 valence electrons. The summed E-state index contributed by atoms with van der Waals surface area (Å²) in [4.78, 5) is 0. The topological polar surface area (TPSA) is 61.5 Å². The molecule has 0 aliphatic rings. The van der Waals surface area contributed by atoms with Crippen molar-refractivity contribution in [1.82, 2.24) is 14.9 Å². The molecule has 0 unspecified atom stereocenters. The van der Waals surface area contributed by atoms with Gasteiger partial charge in [0.2, 0.25) is 5.16 Å². The van der Waals surface area contributed by atoms with Gasteiger partial charge in [-0.2, -0.15) is 9.78 Å². The Balaban J connectivity index is 1.73. The Kier molecular flexibility index (Phi) is 6.36. The first-order valence-corrected chi connectivity index (χ1v) is 10.2. The smallest absolute Gasteiger partial charge is 0.211 e. The van der Waals surface area contributed by atoms with Crippen LogP contribution in [0, 0.1) is 0 Å². The Bertz CT molecular complexity index is 916. The average Bonchev–Trinajstić information content (AvgIpc) is 3.07. The first-order chi connectivity index (χ1) is 13.4. The maximum absolute atomic E-state index is 5.85. The van der Waals surface area contributed by atoms with Gasteiger partial charge in [-0.1, -0.05) is 30.0 Å². The van der Waals surface area contributed by atoms with Crippen LogP contribution in [0.4, 0.5) is 0 Å². The fourth-order valence-electron chi connectivity index (χ4n) is 2.39. The van der Waals surface area contributed by atoms with Crippen molar-refractivity contribution in [2.75, 3.05) is 6.26 Å². The molecule has 7 heteroatoms. The lowest BCUT2D eigenvalue weighted by Crippen LogP contribution is -2.22. The standard InChI is InChI=1S/C21H24N4O2S/c1-21(2,3)27-18-12-10-16(11-13-18)14-22-25-19(23-24-20(25)28-4)15-26-17-8-6-5-7-9-17/h5-14H,15H2,1-4H3/b22-14-. The van der Waals surface area contributed by atoms with Crippen LogP contribution in [0.1, 0.15) is 32.2 Å². The van der Waals surface area contributed by atoms with Gasteiger partial charge in [0.25, 0.3) is 0 Å². The van der Waals surface area contributed by atoms with Crippen molar-refractivity contribution in [2.45, 2.75) is 38.1 Å². The van der Waals surface area contributed by atoms with Gasteiger partial charge in [-0.3, -0.25) is 0 Å². The zero-order valence-corrected chi connectivity index (χ0v) is 17.3. The van der Waals surface area contributed by atoms with Gasteiger partial charge in [-0.25, -0.2) is 0 Å². The Hall–Kier alpha value is -2.80. The van der Waals surface area contributed by atoms with E-state index in [9.17, 15) is 0 Å². The minimum absolute atomic E-state index is 0.223. The van der Waals surface area contributed by atoms with Crippen LogP contribution in [0.3, 0.4) is 0 Å². The maximum Gasteiger partial charge on any atom is 0.211 e. The molecule has 0 bridgehead atoms. The van der Waals surface area contributed by atoms with E-state index in [2.05, 4.69) is 15.3 Å². The second kappa shape index (κ2) is 8.93. The van der Waals surface area contributed by atoms with E-state index in [1.807, 2.05) is 81.6 Å². The summed E-state index contributed by atoms with van der Waals surface area (Å²) in [6, 6.07) is 17.4. The molecule has 0 spiro atoms. The van der Waals surface area contributed by atoms with E-state index < -0.39 is 0 Å². The molecule has 0 atom stereocenters. The summed E-state index contributed by atoms with van der Waals surface area (Å²) < 4.78 is 13.3. The third-order valence-corrected chi connectivity index (χ3v) is 4.22. The van der Waals surface area contributed by atoms with Crippen LogP contribution >= 0.6 is 11.8 Å². The first-order valence-electron chi connectivity index (χ1n) is 8.94. The quantitative estimate of drug-likeness (QED) is 0.430. The van der Waals surface area contributed by atoms with E-state index in [4.69, 9.17) is 9.47 Å². The van der Waals surface area contributed by atoms with E-state index in [1.165, 1.54) is 11.8 Å². The highest BCUT2D eigenvalue weighted by molar-refractivity contribution is 7.98. The number of para-hydroxylation sites is 1. The molecule has 0 fully saturated rings. The number of ether oxygens (including phenoxy) is 2. The maximum atomic E-state index is 5.85. The summed E-state index contributed by atoms with van der Waals surface area (Å²) in [5.74, 6) is 2.24. The summed E-state index contributed by atoms with van der Waals surface area (Å²) in [7, 11) is 0. The second-order valence-electron chi connectivity index (χ2n) is 7.04. The molecule has 0 N–H and O–H groups in total. The highest BCUT2D eigenvalue weighted by Gasteiger charge is 2.12. The summed E-state index contributed by atoms with van der Waals surface area (Å²) in [6.07, 6.45) is 3.71. The average molecular weight is 397 g/mol. The van der Waals surface area contributed by atoms with Crippen LogP contribution in [0.25, 0.3) is 0 Å². The van der Waals surface area contributed by atoms with E-state index in [0.717, 1.165) is 17.1 Å². The minimum atomic E-state index is -0.223. The van der Waals surface area contributed by atoms with Crippen LogP contribution in [0.2, 0.25) is 0 Å². The van der Waals surface area contributed by atoms with E-state index in [0.29, 0.717) is 11.0 Å². The predicted octanol–water partition coefficient (Wildman–Crippen LogP) is 4.64. The van der Waals surface area contributed by atoms with Crippen LogP contribution in [0.15, 0.2) is 64.9 Å². The lowest BCUT2D eigenvalue weighted by atomic mass is 10.2. The molecule has 0 aliphatic carbocycles. The van der Waals surface area contributed by atoms with Gasteiger partial charge in [-0.05, 0) is 69.0 Å². The monoisotopic (exact) mass is 396 g/mol. The van der Waals surface area contributed by atoms with Gasteiger partial charge in [0.1, 0.15) is 23.7 Å². The largest absolute Gasteiger partial charge is 0.488 e. The fraction of sp³-hybridized carbons (Fsp3) is 0.286. The van der Waals surface area contributed by atoms with Crippen molar-refractivity contribution in [3.8, 4) is 11.5 Å². The molecule has 1 aromatic heterocycles. The molecule has 0 saturated carbocycles. The molecule has 0 aliphatic heterocycles. The molecule has 0 saturated heterocycles. The Morgan fingerprint density at radius 2 is 1.71 bits per heavy atom. The summed E-state index contributed by atoms with van der Waals surface area (Å²) in [5, 5.41) is 13.6. The number of benzene rings is 2. The lowest BCUT2D eigenvalue weighted by Gasteiger charge is -2.21. The molecule has 6 nitrogen and oxygen atoms in total. The molecule has 3 rings (SSSR count).